The maximum Gasteiger partial charge on any atom is 0.164 e. The highest BCUT2D eigenvalue weighted by Crippen LogP contribution is 2.64. The predicted molar refractivity (Wildman–Crippen MR) is 276 cm³/mol. The van der Waals surface area contributed by atoms with E-state index in [4.69, 9.17) is 19.7 Å². The van der Waals surface area contributed by atoms with Crippen LogP contribution in [0.1, 0.15) is 22.3 Å². The van der Waals surface area contributed by atoms with E-state index in [2.05, 4.69) is 206 Å². The SMILES string of the molecule is c1ccc(-c2nc(-c3ccc(-c4ccc5c6c(cccc46)-c4ccccc4-5)cc3)nc(-c3ccc4c(c3)-c3ccccc3C43c4ccc5ccccc5c4Oc4c3ccc3ccccc43)n2)cc1. The van der Waals surface area contributed by atoms with E-state index in [0.29, 0.717) is 17.5 Å². The van der Waals surface area contributed by atoms with Gasteiger partial charge in [-0.1, -0.05) is 218 Å². The molecule has 2 heterocycles. The molecule has 0 fully saturated rings. The van der Waals surface area contributed by atoms with Crippen LogP contribution in [0.15, 0.2) is 224 Å². The summed E-state index contributed by atoms with van der Waals surface area (Å²) in [4.78, 5) is 15.7. The molecule has 0 N–H and O–H groups in total. The summed E-state index contributed by atoms with van der Waals surface area (Å²) >= 11 is 0. The van der Waals surface area contributed by atoms with Crippen LogP contribution in [0.25, 0.3) is 111 Å². The smallest absolute Gasteiger partial charge is 0.164 e. The fourth-order valence-corrected chi connectivity index (χ4v) is 11.8. The van der Waals surface area contributed by atoms with Crippen molar-refractivity contribution < 1.29 is 4.74 Å². The van der Waals surface area contributed by atoms with E-state index in [1.165, 1.54) is 55.3 Å². The summed E-state index contributed by atoms with van der Waals surface area (Å²) in [7, 11) is 0. The molecule has 12 aromatic rings. The molecule has 0 bridgehead atoms. The van der Waals surface area contributed by atoms with Gasteiger partial charge in [0.25, 0.3) is 0 Å². The molecule has 314 valence electrons. The second-order valence-electron chi connectivity index (χ2n) is 18.2. The fourth-order valence-electron chi connectivity index (χ4n) is 11.8. The van der Waals surface area contributed by atoms with Crippen LogP contribution >= 0.6 is 0 Å². The molecule has 4 nitrogen and oxygen atoms in total. The predicted octanol–water partition coefficient (Wildman–Crippen LogP) is 16.1. The molecule has 4 heteroatoms. The van der Waals surface area contributed by atoms with Gasteiger partial charge in [0.15, 0.2) is 17.5 Å². The van der Waals surface area contributed by atoms with Gasteiger partial charge < -0.3 is 4.74 Å². The molecule has 15 rings (SSSR count). The minimum Gasteiger partial charge on any atom is -0.455 e. The Morgan fingerprint density at radius 1 is 0.279 bits per heavy atom. The first kappa shape index (κ1) is 37.3. The van der Waals surface area contributed by atoms with Crippen molar-refractivity contribution in [2.75, 3.05) is 0 Å². The summed E-state index contributed by atoms with van der Waals surface area (Å²) in [6.45, 7) is 0. The van der Waals surface area contributed by atoms with Crippen molar-refractivity contribution in [2.24, 2.45) is 0 Å². The van der Waals surface area contributed by atoms with Crippen LogP contribution in [0.3, 0.4) is 0 Å². The topological polar surface area (TPSA) is 47.9 Å². The summed E-state index contributed by atoms with van der Waals surface area (Å²) in [5.74, 6) is 3.68. The number of aromatic nitrogens is 3. The van der Waals surface area contributed by atoms with E-state index in [1.54, 1.807) is 0 Å². The third kappa shape index (κ3) is 5.11. The van der Waals surface area contributed by atoms with Crippen molar-refractivity contribution in [1.29, 1.82) is 0 Å². The highest BCUT2D eigenvalue weighted by atomic mass is 16.5. The van der Waals surface area contributed by atoms with Gasteiger partial charge in [-0.25, -0.2) is 15.0 Å². The molecule has 0 amide bonds. The average molecular weight is 864 g/mol. The standard InChI is InChI=1S/C64H37N3O/c1-2-15-41(16-3-1)61-65-62(42-27-25-40(26-28-42)44-32-33-52-48-20-9-8-19-47(48)51-23-12-22-50(44)58(51)52)67-63(66-61)43-31-34-55-53(37-43)49-21-10-11-24-54(49)64(55)56-35-29-38-13-4-6-17-45(38)59(56)68-60-46-18-7-5-14-39(46)30-36-57(60)64/h1-37H. The van der Waals surface area contributed by atoms with E-state index >= 15 is 0 Å². The van der Waals surface area contributed by atoms with Gasteiger partial charge in [0, 0.05) is 38.6 Å². The summed E-state index contributed by atoms with van der Waals surface area (Å²) in [6.07, 6.45) is 0. The monoisotopic (exact) mass is 863 g/mol. The number of hydrogen-bond acceptors (Lipinski definition) is 4. The molecule has 0 saturated carbocycles. The van der Waals surface area contributed by atoms with Gasteiger partial charge in [-0.2, -0.15) is 0 Å². The molecule has 0 saturated heterocycles. The van der Waals surface area contributed by atoms with Gasteiger partial charge in [0.2, 0.25) is 0 Å². The molecule has 1 spiro atoms. The Kier molecular flexibility index (Phi) is 7.67. The minimum atomic E-state index is -0.641. The molecule has 1 aliphatic heterocycles. The lowest BCUT2D eigenvalue weighted by atomic mass is 9.65. The molecule has 0 atom stereocenters. The summed E-state index contributed by atoms with van der Waals surface area (Å²) in [5.41, 5.74) is 16.7. The quantitative estimate of drug-likeness (QED) is 0.177. The van der Waals surface area contributed by atoms with E-state index in [9.17, 15) is 0 Å². The van der Waals surface area contributed by atoms with Crippen LogP contribution in [-0.4, -0.2) is 15.0 Å². The van der Waals surface area contributed by atoms with Gasteiger partial charge in [-0.3, -0.25) is 0 Å². The Labute approximate surface area is 392 Å². The zero-order valence-electron chi connectivity index (χ0n) is 36.6. The van der Waals surface area contributed by atoms with Crippen LogP contribution in [0.4, 0.5) is 0 Å². The van der Waals surface area contributed by atoms with Crippen molar-refractivity contribution in [1.82, 2.24) is 15.0 Å². The van der Waals surface area contributed by atoms with Crippen LogP contribution < -0.4 is 4.74 Å². The van der Waals surface area contributed by atoms with Crippen LogP contribution in [0.2, 0.25) is 0 Å². The summed E-state index contributed by atoms with van der Waals surface area (Å²) in [5, 5.41) is 7.07. The summed E-state index contributed by atoms with van der Waals surface area (Å²) < 4.78 is 7.17. The Hall–Kier alpha value is -8.99. The Morgan fingerprint density at radius 2 is 0.750 bits per heavy atom. The van der Waals surface area contributed by atoms with Crippen molar-refractivity contribution >= 4 is 32.3 Å². The molecule has 11 aromatic carbocycles. The number of nitrogens with zero attached hydrogens (tertiary/aromatic N) is 3. The molecule has 0 unspecified atom stereocenters. The second-order valence-corrected chi connectivity index (χ2v) is 18.2. The first-order chi connectivity index (χ1) is 33.7. The number of benzene rings is 11. The van der Waals surface area contributed by atoms with Crippen LogP contribution in [0, 0.1) is 0 Å². The lowest BCUT2D eigenvalue weighted by Crippen LogP contribution is -2.32. The first-order valence-corrected chi connectivity index (χ1v) is 23.3. The van der Waals surface area contributed by atoms with Gasteiger partial charge in [0.05, 0.1) is 5.41 Å². The Bertz CT molecular complexity index is 4000. The molecule has 2 aliphatic carbocycles. The van der Waals surface area contributed by atoms with Gasteiger partial charge in [-0.15, -0.1) is 0 Å². The third-order valence-electron chi connectivity index (χ3n) is 14.7. The summed E-state index contributed by atoms with van der Waals surface area (Å²) in [6, 6.07) is 80.8. The van der Waals surface area contributed by atoms with Gasteiger partial charge in [-0.05, 0) is 83.2 Å². The highest BCUT2D eigenvalue weighted by Gasteiger charge is 2.52. The van der Waals surface area contributed by atoms with E-state index in [1.807, 2.05) is 18.2 Å². The van der Waals surface area contributed by atoms with E-state index < -0.39 is 5.41 Å². The van der Waals surface area contributed by atoms with Crippen molar-refractivity contribution in [2.45, 2.75) is 5.41 Å². The maximum atomic E-state index is 7.17. The van der Waals surface area contributed by atoms with Crippen molar-refractivity contribution in [3.05, 3.63) is 247 Å². The van der Waals surface area contributed by atoms with Crippen LogP contribution in [-0.2, 0) is 5.41 Å². The third-order valence-corrected chi connectivity index (χ3v) is 14.7. The molecule has 68 heavy (non-hydrogen) atoms. The molecular formula is C64H37N3O. The normalized spacial score (nSPS) is 13.2. The maximum absolute atomic E-state index is 7.17. The van der Waals surface area contributed by atoms with Gasteiger partial charge in [0.1, 0.15) is 11.5 Å². The molecule has 3 aliphatic rings. The molecular weight excluding hydrogens is 827 g/mol. The fraction of sp³-hybridized carbons (Fsp3) is 0.0156. The van der Waals surface area contributed by atoms with Gasteiger partial charge >= 0.3 is 0 Å². The lowest BCUT2D eigenvalue weighted by molar-refractivity contribution is 0.447. The van der Waals surface area contributed by atoms with Crippen molar-refractivity contribution in [3.63, 3.8) is 0 Å². The number of hydrogen-bond donors (Lipinski definition) is 0. The van der Waals surface area contributed by atoms with E-state index in [-0.39, 0.29) is 0 Å². The molecule has 0 radical (unpaired) electrons. The zero-order valence-corrected chi connectivity index (χ0v) is 36.6. The van der Waals surface area contributed by atoms with Crippen molar-refractivity contribution in [3.8, 4) is 90.2 Å². The Morgan fingerprint density at radius 3 is 1.44 bits per heavy atom. The minimum absolute atomic E-state index is 0.621. The number of fused-ring (bicyclic) bond motifs is 16. The highest BCUT2D eigenvalue weighted by molar-refractivity contribution is 6.18. The largest absolute Gasteiger partial charge is 0.455 e. The average Bonchev–Trinajstić information content (AvgIpc) is 3.89. The number of rotatable bonds is 4. The second kappa shape index (κ2) is 14.0. The molecule has 1 aromatic heterocycles. The Balaban J connectivity index is 0.898. The number of ether oxygens (including phenoxy) is 1. The zero-order chi connectivity index (χ0) is 44.5. The lowest BCUT2D eigenvalue weighted by Gasteiger charge is -2.40. The van der Waals surface area contributed by atoms with Crippen LogP contribution in [0.5, 0.6) is 11.5 Å². The van der Waals surface area contributed by atoms with E-state index in [0.717, 1.165) is 72.0 Å². The first-order valence-electron chi connectivity index (χ1n) is 23.3.